The maximum Gasteiger partial charge on any atom is 0.424 e. The second-order valence-electron chi connectivity index (χ2n) is 5.56. The molecular weight excluding hydrogens is 367 g/mol. The van der Waals surface area contributed by atoms with Gasteiger partial charge < -0.3 is 0 Å². The third-order valence-electron chi connectivity index (χ3n) is 3.64. The van der Waals surface area contributed by atoms with Crippen molar-refractivity contribution in [2.24, 2.45) is 0 Å². The number of carbonyl (C=O) groups excluding carboxylic acids is 4. The van der Waals surface area contributed by atoms with E-state index < -0.39 is 33.6 Å². The smallest absolute Gasteiger partial charge is 0.287 e. The Balaban J connectivity index is 4.68. The van der Waals surface area contributed by atoms with E-state index in [1.807, 2.05) is 0 Å². The van der Waals surface area contributed by atoms with Crippen molar-refractivity contribution in [3.05, 3.63) is 0 Å². The highest BCUT2D eigenvalue weighted by Crippen LogP contribution is 2.30. The lowest BCUT2D eigenvalue weighted by Crippen LogP contribution is -2.36. The first-order valence-corrected chi connectivity index (χ1v) is 7.93. The molecule has 0 saturated carbocycles. The summed E-state index contributed by atoms with van der Waals surface area (Å²) in [6, 6.07) is 0. The molecule has 0 rings (SSSR count). The SMILES string of the molecule is CCC(C)(CCC(C)(CC)OOC(=O)C(=O)Cl)OOC(=O)C(=O)Cl. The normalized spacial score (nSPS) is 15.8. The van der Waals surface area contributed by atoms with Gasteiger partial charge in [0.15, 0.2) is 0 Å². The zero-order valence-corrected chi connectivity index (χ0v) is 15.4. The minimum absolute atomic E-state index is 0.323. The van der Waals surface area contributed by atoms with Gasteiger partial charge in [-0.15, -0.1) is 0 Å². The average molecular weight is 387 g/mol. The Kier molecular flexibility index (Phi) is 9.42. The highest BCUT2D eigenvalue weighted by Gasteiger charge is 2.34. The third-order valence-corrected chi connectivity index (χ3v) is 3.95. The van der Waals surface area contributed by atoms with Crippen molar-refractivity contribution in [2.75, 3.05) is 0 Å². The molecule has 10 heteroatoms. The summed E-state index contributed by atoms with van der Waals surface area (Å²) < 4.78 is 0. The van der Waals surface area contributed by atoms with E-state index >= 15 is 0 Å². The van der Waals surface area contributed by atoms with Crippen LogP contribution in [0.15, 0.2) is 0 Å². The summed E-state index contributed by atoms with van der Waals surface area (Å²) in [4.78, 5) is 62.1. The second kappa shape index (κ2) is 9.93. The second-order valence-corrected chi connectivity index (χ2v) is 6.25. The van der Waals surface area contributed by atoms with Gasteiger partial charge in [-0.05, 0) is 62.7 Å². The summed E-state index contributed by atoms with van der Waals surface area (Å²) in [5.41, 5.74) is -1.85. The Morgan fingerprint density at radius 2 is 1.04 bits per heavy atom. The first-order valence-electron chi connectivity index (χ1n) is 7.17. The molecular formula is C14H20Cl2O8. The van der Waals surface area contributed by atoms with E-state index in [1.54, 1.807) is 27.7 Å². The molecule has 0 amide bonds. The molecule has 2 unspecified atom stereocenters. The van der Waals surface area contributed by atoms with Crippen LogP contribution in [0.4, 0.5) is 0 Å². The molecule has 0 radical (unpaired) electrons. The monoisotopic (exact) mass is 386 g/mol. The first kappa shape index (κ1) is 22.8. The zero-order chi connectivity index (χ0) is 19.0. The number of hydrogen-bond acceptors (Lipinski definition) is 8. The fraction of sp³-hybridized carbons (Fsp3) is 0.714. The molecule has 0 aromatic carbocycles. The van der Waals surface area contributed by atoms with Gasteiger partial charge in [-0.25, -0.2) is 9.59 Å². The lowest BCUT2D eigenvalue weighted by Gasteiger charge is -2.31. The van der Waals surface area contributed by atoms with E-state index in [4.69, 9.17) is 33.0 Å². The van der Waals surface area contributed by atoms with Gasteiger partial charge in [0.05, 0.1) is 0 Å². The standard InChI is InChI=1S/C14H20Cl2O8/c1-5-13(3,23-21-11(19)9(15)17)7-8-14(4,6-2)24-22-12(20)10(16)18/h5-8H2,1-4H3. The molecule has 0 aliphatic carbocycles. The average Bonchev–Trinajstić information content (AvgIpc) is 2.55. The summed E-state index contributed by atoms with van der Waals surface area (Å²) in [7, 11) is 0. The molecule has 8 nitrogen and oxygen atoms in total. The van der Waals surface area contributed by atoms with Crippen LogP contribution in [0.2, 0.25) is 0 Å². The van der Waals surface area contributed by atoms with Crippen molar-refractivity contribution in [3.63, 3.8) is 0 Å². The van der Waals surface area contributed by atoms with Crippen LogP contribution in [0.25, 0.3) is 0 Å². The van der Waals surface area contributed by atoms with Crippen LogP contribution in [0.3, 0.4) is 0 Å². The van der Waals surface area contributed by atoms with E-state index in [2.05, 4.69) is 9.78 Å². The summed E-state index contributed by atoms with van der Waals surface area (Å²) in [5.74, 6) is -2.64. The molecule has 24 heavy (non-hydrogen) atoms. The van der Waals surface area contributed by atoms with Crippen molar-refractivity contribution in [1.29, 1.82) is 0 Å². The number of rotatable bonds is 11. The van der Waals surface area contributed by atoms with Crippen LogP contribution in [0.5, 0.6) is 0 Å². The van der Waals surface area contributed by atoms with Gasteiger partial charge >= 0.3 is 22.4 Å². The topological polar surface area (TPSA) is 105 Å². The Hall–Kier alpha value is -1.22. The zero-order valence-electron chi connectivity index (χ0n) is 13.9. The van der Waals surface area contributed by atoms with E-state index in [0.29, 0.717) is 25.7 Å². The summed E-state index contributed by atoms with van der Waals surface area (Å²) in [6.45, 7) is 6.88. The maximum absolute atomic E-state index is 11.0. The van der Waals surface area contributed by atoms with E-state index in [1.165, 1.54) is 0 Å². The van der Waals surface area contributed by atoms with Crippen molar-refractivity contribution < 1.29 is 38.7 Å². The van der Waals surface area contributed by atoms with Crippen molar-refractivity contribution in [1.82, 2.24) is 0 Å². The largest absolute Gasteiger partial charge is 0.424 e. The van der Waals surface area contributed by atoms with E-state index in [0.717, 1.165) is 0 Å². The molecule has 0 saturated heterocycles. The van der Waals surface area contributed by atoms with Crippen LogP contribution < -0.4 is 0 Å². The van der Waals surface area contributed by atoms with Gasteiger partial charge in [-0.1, -0.05) is 13.8 Å². The minimum atomic E-state index is -1.32. The van der Waals surface area contributed by atoms with Crippen molar-refractivity contribution >= 4 is 45.6 Å². The lowest BCUT2D eigenvalue weighted by molar-refractivity contribution is -0.343. The maximum atomic E-state index is 11.0. The van der Waals surface area contributed by atoms with Gasteiger partial charge in [0, 0.05) is 0 Å². The summed E-state index contributed by atoms with van der Waals surface area (Å²) in [5, 5.41) is -2.60. The van der Waals surface area contributed by atoms with E-state index in [9.17, 15) is 19.2 Å². The molecule has 2 atom stereocenters. The molecule has 0 fully saturated rings. The molecule has 0 spiro atoms. The van der Waals surface area contributed by atoms with Crippen LogP contribution in [0.1, 0.15) is 53.4 Å². The molecule has 0 aromatic heterocycles. The first-order chi connectivity index (χ1) is 11.0. The predicted molar refractivity (Wildman–Crippen MR) is 82.7 cm³/mol. The van der Waals surface area contributed by atoms with Gasteiger partial charge in [0.25, 0.3) is 0 Å². The molecule has 138 valence electrons. The van der Waals surface area contributed by atoms with Crippen LogP contribution in [-0.4, -0.2) is 33.6 Å². The molecule has 0 heterocycles. The summed E-state index contributed by atoms with van der Waals surface area (Å²) in [6.07, 6.45) is 1.53. The quantitative estimate of drug-likeness (QED) is 0.231. The van der Waals surface area contributed by atoms with Gasteiger partial charge in [-0.3, -0.25) is 19.4 Å². The number of halogens is 2. The van der Waals surface area contributed by atoms with Gasteiger partial charge in [-0.2, -0.15) is 9.78 Å². The molecule has 0 N–H and O–H groups in total. The predicted octanol–water partition coefficient (Wildman–Crippen LogP) is 2.58. The third kappa shape index (κ3) is 8.05. The van der Waals surface area contributed by atoms with Crippen LogP contribution >= 0.6 is 23.2 Å². The summed E-state index contributed by atoms with van der Waals surface area (Å²) >= 11 is 9.94. The lowest BCUT2D eigenvalue weighted by atomic mass is 9.88. The van der Waals surface area contributed by atoms with Crippen LogP contribution in [-0.2, 0) is 38.7 Å². The fourth-order valence-corrected chi connectivity index (χ4v) is 1.49. The Labute approximate surface area is 149 Å². The molecule has 0 bridgehead atoms. The minimum Gasteiger partial charge on any atom is -0.287 e. The van der Waals surface area contributed by atoms with Crippen LogP contribution in [0, 0.1) is 0 Å². The number of carbonyl (C=O) groups is 4. The highest BCUT2D eigenvalue weighted by molar-refractivity contribution is 6.80. The fourth-order valence-electron chi connectivity index (χ4n) is 1.43. The Morgan fingerprint density at radius 3 is 1.25 bits per heavy atom. The van der Waals surface area contributed by atoms with Gasteiger partial charge in [0.2, 0.25) is 0 Å². The Morgan fingerprint density at radius 1 is 0.750 bits per heavy atom. The van der Waals surface area contributed by atoms with Crippen molar-refractivity contribution in [2.45, 2.75) is 64.6 Å². The molecule has 0 aromatic rings. The highest BCUT2D eigenvalue weighted by atomic mass is 35.5. The Bertz CT molecular complexity index is 451. The molecule has 0 aliphatic heterocycles. The molecule has 0 aliphatic rings. The number of hydrogen-bond donors (Lipinski definition) is 0. The van der Waals surface area contributed by atoms with Crippen molar-refractivity contribution in [3.8, 4) is 0 Å². The van der Waals surface area contributed by atoms with E-state index in [-0.39, 0.29) is 0 Å². The van der Waals surface area contributed by atoms with Gasteiger partial charge in [0.1, 0.15) is 11.2 Å².